The molecule has 2 rings (SSSR count). The van der Waals surface area contributed by atoms with Crippen LogP contribution in [-0.2, 0) is 0 Å². The number of aryl methyl sites for hydroxylation is 1. The van der Waals surface area contributed by atoms with Gasteiger partial charge in [-0.2, -0.15) is 0 Å². The van der Waals surface area contributed by atoms with E-state index in [1.165, 1.54) is 0 Å². The molecular weight excluding hydrogens is 268 g/mol. The van der Waals surface area contributed by atoms with Crippen LogP contribution in [0.25, 0.3) is 11.1 Å². The summed E-state index contributed by atoms with van der Waals surface area (Å²) >= 11 is 0. The molecule has 2 aromatic rings. The Bertz CT molecular complexity index is 668. The highest BCUT2D eigenvalue weighted by Gasteiger charge is 2.22. The Balaban J connectivity index is 2.46. The molecule has 0 spiro atoms. The third-order valence-corrected chi connectivity index (χ3v) is 3.10. The monoisotopic (exact) mass is 290 g/mol. The SMILES string of the molecule is Cc1cc(C(=O)NCC(C)(C)N)c2c(C(C)C)noc2n1. The number of carbonyl (C=O) groups is 1. The third-order valence-electron chi connectivity index (χ3n) is 3.10. The normalized spacial score (nSPS) is 12.1. The summed E-state index contributed by atoms with van der Waals surface area (Å²) in [6.45, 7) is 9.93. The maximum Gasteiger partial charge on any atom is 0.259 e. The van der Waals surface area contributed by atoms with Crippen molar-refractivity contribution in [1.29, 1.82) is 0 Å². The van der Waals surface area contributed by atoms with Crippen molar-refractivity contribution >= 4 is 17.0 Å². The van der Waals surface area contributed by atoms with Crippen LogP contribution < -0.4 is 11.1 Å². The van der Waals surface area contributed by atoms with Gasteiger partial charge in [-0.15, -0.1) is 0 Å². The zero-order valence-corrected chi connectivity index (χ0v) is 13.2. The van der Waals surface area contributed by atoms with E-state index in [1.54, 1.807) is 6.07 Å². The molecule has 21 heavy (non-hydrogen) atoms. The van der Waals surface area contributed by atoms with Crippen LogP contribution in [0.5, 0.6) is 0 Å². The first-order chi connectivity index (χ1) is 9.69. The van der Waals surface area contributed by atoms with Crippen molar-refractivity contribution < 1.29 is 9.32 Å². The Hall–Kier alpha value is -1.95. The van der Waals surface area contributed by atoms with Gasteiger partial charge in [0, 0.05) is 17.8 Å². The molecule has 6 heteroatoms. The van der Waals surface area contributed by atoms with Gasteiger partial charge in [0.15, 0.2) is 0 Å². The summed E-state index contributed by atoms with van der Waals surface area (Å²) in [7, 11) is 0. The van der Waals surface area contributed by atoms with Crippen LogP contribution in [-0.4, -0.2) is 28.1 Å². The Morgan fingerprint density at radius 3 is 2.71 bits per heavy atom. The van der Waals surface area contributed by atoms with Crippen molar-refractivity contribution in [1.82, 2.24) is 15.5 Å². The predicted octanol–water partition coefficient (Wildman–Crippen LogP) is 2.12. The van der Waals surface area contributed by atoms with Gasteiger partial charge in [-0.05, 0) is 32.8 Å². The number of fused-ring (bicyclic) bond motifs is 1. The number of rotatable bonds is 4. The van der Waals surface area contributed by atoms with Crippen LogP contribution >= 0.6 is 0 Å². The van der Waals surface area contributed by atoms with E-state index >= 15 is 0 Å². The topological polar surface area (TPSA) is 94.0 Å². The maximum atomic E-state index is 12.5. The van der Waals surface area contributed by atoms with Crippen molar-refractivity contribution in [3.05, 3.63) is 23.0 Å². The summed E-state index contributed by atoms with van der Waals surface area (Å²) in [4.78, 5) is 16.8. The van der Waals surface area contributed by atoms with Crippen LogP contribution in [0.15, 0.2) is 10.6 Å². The number of nitrogens with one attached hydrogen (secondary N) is 1. The first-order valence-electron chi connectivity index (χ1n) is 7.03. The molecule has 114 valence electrons. The Labute approximate surface area is 124 Å². The van der Waals surface area contributed by atoms with Gasteiger partial charge in [0.25, 0.3) is 11.6 Å². The van der Waals surface area contributed by atoms with Gasteiger partial charge in [-0.25, -0.2) is 4.98 Å². The lowest BCUT2D eigenvalue weighted by molar-refractivity contribution is 0.0947. The molecule has 6 nitrogen and oxygen atoms in total. The Kier molecular flexibility index (Phi) is 4.00. The zero-order chi connectivity index (χ0) is 15.8. The van der Waals surface area contributed by atoms with Crippen LogP contribution in [0.4, 0.5) is 0 Å². The third kappa shape index (κ3) is 3.39. The zero-order valence-electron chi connectivity index (χ0n) is 13.2. The van der Waals surface area contributed by atoms with Gasteiger partial charge in [0.1, 0.15) is 0 Å². The molecule has 0 radical (unpaired) electrons. The summed E-state index contributed by atoms with van der Waals surface area (Å²) in [5, 5.41) is 7.58. The van der Waals surface area contributed by atoms with E-state index in [1.807, 2.05) is 34.6 Å². The molecular formula is C15H22N4O2. The molecule has 3 N–H and O–H groups in total. The predicted molar refractivity (Wildman–Crippen MR) is 81.2 cm³/mol. The molecule has 0 atom stereocenters. The summed E-state index contributed by atoms with van der Waals surface area (Å²) < 4.78 is 5.26. The minimum atomic E-state index is -0.466. The van der Waals surface area contributed by atoms with Gasteiger partial charge in [0.05, 0.1) is 16.6 Å². The molecule has 0 aliphatic heterocycles. The number of amides is 1. The summed E-state index contributed by atoms with van der Waals surface area (Å²) in [5.74, 6) is -0.0395. The molecule has 0 unspecified atom stereocenters. The minimum absolute atomic E-state index is 0.147. The molecule has 0 fully saturated rings. The fourth-order valence-electron chi connectivity index (χ4n) is 2.07. The van der Waals surface area contributed by atoms with Crippen molar-refractivity contribution in [3.8, 4) is 0 Å². The first kappa shape index (κ1) is 15.4. The fraction of sp³-hybridized carbons (Fsp3) is 0.533. The van der Waals surface area contributed by atoms with Gasteiger partial charge >= 0.3 is 0 Å². The number of hydrogen-bond acceptors (Lipinski definition) is 5. The van der Waals surface area contributed by atoms with Gasteiger partial charge in [-0.3, -0.25) is 4.79 Å². The van der Waals surface area contributed by atoms with Crippen molar-refractivity contribution in [2.45, 2.75) is 46.1 Å². The van der Waals surface area contributed by atoms with Gasteiger partial charge in [-0.1, -0.05) is 19.0 Å². The summed E-state index contributed by atoms with van der Waals surface area (Å²) in [5.41, 5.74) is 7.83. The lowest BCUT2D eigenvalue weighted by atomic mass is 10.0. The smallest absolute Gasteiger partial charge is 0.259 e. The number of carbonyl (C=O) groups excluding carboxylic acids is 1. The number of nitrogens with zero attached hydrogens (tertiary/aromatic N) is 2. The molecule has 0 aliphatic carbocycles. The molecule has 2 heterocycles. The largest absolute Gasteiger partial charge is 0.350 e. The molecule has 0 bridgehead atoms. The van der Waals surface area contributed by atoms with E-state index in [4.69, 9.17) is 10.3 Å². The average Bonchev–Trinajstić information content (AvgIpc) is 2.77. The number of aromatic nitrogens is 2. The number of pyridine rings is 1. The summed E-state index contributed by atoms with van der Waals surface area (Å²) in [6, 6.07) is 1.75. The highest BCUT2D eigenvalue weighted by molar-refractivity contribution is 6.06. The summed E-state index contributed by atoms with van der Waals surface area (Å²) in [6.07, 6.45) is 0. The standard InChI is InChI=1S/C15H22N4O2/c1-8(2)12-11-10(13(20)17-7-15(4,5)16)6-9(3)18-14(11)21-19-12/h6,8H,7,16H2,1-5H3,(H,17,20). The van der Waals surface area contributed by atoms with E-state index in [-0.39, 0.29) is 11.8 Å². The van der Waals surface area contributed by atoms with E-state index in [9.17, 15) is 4.79 Å². The lowest BCUT2D eigenvalue weighted by Gasteiger charge is -2.19. The van der Waals surface area contributed by atoms with Gasteiger partial charge < -0.3 is 15.6 Å². The second-order valence-electron chi connectivity index (χ2n) is 6.39. The molecule has 0 aromatic carbocycles. The fourth-order valence-corrected chi connectivity index (χ4v) is 2.07. The Morgan fingerprint density at radius 1 is 1.48 bits per heavy atom. The average molecular weight is 290 g/mol. The number of nitrogens with two attached hydrogens (primary N) is 1. The maximum absolute atomic E-state index is 12.5. The van der Waals surface area contributed by atoms with Crippen LogP contribution in [0.3, 0.4) is 0 Å². The van der Waals surface area contributed by atoms with Crippen molar-refractivity contribution in [3.63, 3.8) is 0 Å². The van der Waals surface area contributed by atoms with Crippen molar-refractivity contribution in [2.24, 2.45) is 5.73 Å². The van der Waals surface area contributed by atoms with Gasteiger partial charge in [0.2, 0.25) is 0 Å². The first-order valence-corrected chi connectivity index (χ1v) is 7.03. The van der Waals surface area contributed by atoms with Crippen LogP contribution in [0.2, 0.25) is 0 Å². The molecule has 2 aromatic heterocycles. The molecule has 0 saturated carbocycles. The second kappa shape index (κ2) is 5.44. The van der Waals surface area contributed by atoms with Crippen molar-refractivity contribution in [2.75, 3.05) is 6.54 Å². The minimum Gasteiger partial charge on any atom is -0.350 e. The highest BCUT2D eigenvalue weighted by atomic mass is 16.5. The van der Waals surface area contributed by atoms with Crippen LogP contribution in [0.1, 0.15) is 55.4 Å². The van der Waals surface area contributed by atoms with Crippen LogP contribution in [0, 0.1) is 6.92 Å². The van der Waals surface area contributed by atoms with E-state index in [2.05, 4.69) is 15.5 Å². The number of hydrogen-bond donors (Lipinski definition) is 2. The quantitative estimate of drug-likeness (QED) is 0.899. The Morgan fingerprint density at radius 2 is 2.14 bits per heavy atom. The molecule has 0 aliphatic rings. The van der Waals surface area contributed by atoms with E-state index in [0.29, 0.717) is 28.9 Å². The molecule has 0 saturated heterocycles. The van der Waals surface area contributed by atoms with E-state index in [0.717, 1.165) is 5.69 Å². The molecule has 1 amide bonds. The second-order valence-corrected chi connectivity index (χ2v) is 6.39. The van der Waals surface area contributed by atoms with E-state index < -0.39 is 5.54 Å². The highest BCUT2D eigenvalue weighted by Crippen LogP contribution is 2.27. The lowest BCUT2D eigenvalue weighted by Crippen LogP contribution is -2.45.